The molecule has 0 saturated carbocycles. The van der Waals surface area contributed by atoms with Crippen LogP contribution in [0.1, 0.15) is 64.9 Å². The van der Waals surface area contributed by atoms with E-state index in [2.05, 4.69) is 16.2 Å². The smallest absolute Gasteiger partial charge is 0.287 e. The van der Waals surface area contributed by atoms with Gasteiger partial charge in [0, 0.05) is 37.2 Å². The van der Waals surface area contributed by atoms with Crippen molar-refractivity contribution in [3.63, 3.8) is 0 Å². The summed E-state index contributed by atoms with van der Waals surface area (Å²) >= 11 is 0. The minimum absolute atomic E-state index is 0.0307. The number of nitrogens with two attached hydrogens (primary N) is 1. The molecule has 1 aromatic rings. The SMILES string of the molecule is C#CCC.C\C=C/C=C(C)/C(=C\CC)OC(N)=NC1CN(c2cc(F)c(C3CCC(=O)NC3=O)c(F)c2)C1. The molecule has 1 aromatic carbocycles. The lowest BCUT2D eigenvalue weighted by atomic mass is 9.89. The standard InChI is InChI=1S/C25H30F2N4O3.C4H6/c1-4-6-8-15(3)21(7-5-2)34-25(28)29-16-13-31(14-16)17-11-19(26)23(20(27)12-17)18-9-10-22(32)30-24(18)33;1-3-4-2/h4,6-8,11-12,16,18H,5,9-10,13-14H2,1-3H3,(H2,28,29)(H,30,32,33);1H,4H2,2H3/b6-4-,15-8+,21-7+;. The Morgan fingerprint density at radius 2 is 1.92 bits per heavy atom. The topological polar surface area (TPSA) is 97.0 Å². The molecule has 2 aliphatic rings. The molecule has 0 radical (unpaired) electrons. The van der Waals surface area contributed by atoms with Gasteiger partial charge in [0.25, 0.3) is 6.02 Å². The summed E-state index contributed by atoms with van der Waals surface area (Å²) in [4.78, 5) is 29.5. The first-order chi connectivity index (χ1) is 18.1. The third-order valence-electron chi connectivity index (χ3n) is 5.92. The monoisotopic (exact) mass is 526 g/mol. The van der Waals surface area contributed by atoms with Gasteiger partial charge in [0.05, 0.1) is 12.0 Å². The van der Waals surface area contributed by atoms with Gasteiger partial charge in [0.2, 0.25) is 11.8 Å². The van der Waals surface area contributed by atoms with Crippen molar-refractivity contribution in [3.8, 4) is 12.3 Å². The number of hydrogen-bond donors (Lipinski definition) is 2. The van der Waals surface area contributed by atoms with E-state index in [-0.39, 0.29) is 30.5 Å². The Kier molecular flexibility index (Phi) is 11.7. The molecule has 1 unspecified atom stereocenters. The van der Waals surface area contributed by atoms with Crippen LogP contribution in [0, 0.1) is 24.0 Å². The number of terminal acetylenes is 1. The van der Waals surface area contributed by atoms with E-state index in [9.17, 15) is 18.4 Å². The van der Waals surface area contributed by atoms with E-state index in [0.29, 0.717) is 24.5 Å². The molecular formula is C29H36F2N4O3. The highest BCUT2D eigenvalue weighted by Gasteiger charge is 2.34. The number of amides is 2. The number of amidine groups is 1. The van der Waals surface area contributed by atoms with Gasteiger partial charge >= 0.3 is 0 Å². The second-order valence-corrected chi connectivity index (χ2v) is 8.86. The number of piperidine rings is 1. The molecule has 1 atom stereocenters. The highest BCUT2D eigenvalue weighted by atomic mass is 19.1. The number of aliphatic imine (C=N–C) groups is 1. The Labute approximate surface area is 223 Å². The fraction of sp³-hybridized carbons (Fsp3) is 0.414. The first kappa shape index (κ1) is 30.3. The summed E-state index contributed by atoms with van der Waals surface area (Å²) in [6, 6.07) is 2.27. The van der Waals surface area contributed by atoms with Crippen molar-refractivity contribution in [2.45, 2.75) is 65.3 Å². The van der Waals surface area contributed by atoms with Crippen molar-refractivity contribution in [1.29, 1.82) is 0 Å². The molecule has 0 bridgehead atoms. The lowest BCUT2D eigenvalue weighted by Gasteiger charge is -2.39. The molecule has 2 heterocycles. The minimum atomic E-state index is -1.02. The summed E-state index contributed by atoms with van der Waals surface area (Å²) in [6.45, 7) is 8.61. The van der Waals surface area contributed by atoms with Gasteiger partial charge in [0.15, 0.2) is 0 Å². The Hall–Kier alpha value is -3.93. The summed E-state index contributed by atoms with van der Waals surface area (Å²) in [7, 11) is 0. The molecule has 0 aliphatic carbocycles. The van der Waals surface area contributed by atoms with E-state index < -0.39 is 29.4 Å². The van der Waals surface area contributed by atoms with Gasteiger partial charge in [-0.05, 0) is 50.5 Å². The van der Waals surface area contributed by atoms with Gasteiger partial charge in [-0.2, -0.15) is 0 Å². The van der Waals surface area contributed by atoms with Gasteiger partial charge < -0.3 is 15.4 Å². The molecule has 3 N–H and O–H groups in total. The number of anilines is 1. The van der Waals surface area contributed by atoms with Crippen LogP contribution in [0.3, 0.4) is 0 Å². The van der Waals surface area contributed by atoms with Crippen LogP contribution in [-0.4, -0.2) is 37.0 Å². The molecule has 7 nitrogen and oxygen atoms in total. The number of rotatable bonds is 7. The number of allylic oxidation sites excluding steroid dienone is 5. The molecule has 2 saturated heterocycles. The summed E-state index contributed by atoms with van der Waals surface area (Å²) in [6.07, 6.45) is 14.2. The van der Waals surface area contributed by atoms with Gasteiger partial charge in [-0.25, -0.2) is 13.8 Å². The Morgan fingerprint density at radius 3 is 2.45 bits per heavy atom. The second kappa shape index (κ2) is 14.7. The van der Waals surface area contributed by atoms with Crippen molar-refractivity contribution in [2.75, 3.05) is 18.0 Å². The van der Waals surface area contributed by atoms with E-state index in [0.717, 1.165) is 18.4 Å². The minimum Gasteiger partial charge on any atom is -0.426 e. The van der Waals surface area contributed by atoms with Crippen molar-refractivity contribution < 1.29 is 23.1 Å². The first-order valence-electron chi connectivity index (χ1n) is 12.7. The highest BCUT2D eigenvalue weighted by Crippen LogP contribution is 2.33. The van der Waals surface area contributed by atoms with Crippen LogP contribution in [0.2, 0.25) is 0 Å². The summed E-state index contributed by atoms with van der Waals surface area (Å²) in [5.41, 5.74) is 6.94. The first-order valence-corrected chi connectivity index (χ1v) is 12.7. The maximum atomic E-state index is 14.8. The predicted molar refractivity (Wildman–Crippen MR) is 146 cm³/mol. The average molecular weight is 527 g/mol. The fourth-order valence-corrected chi connectivity index (χ4v) is 3.91. The molecular weight excluding hydrogens is 490 g/mol. The molecule has 2 aliphatic heterocycles. The lowest BCUT2D eigenvalue weighted by Crippen LogP contribution is -2.51. The van der Waals surface area contributed by atoms with E-state index in [4.69, 9.17) is 16.9 Å². The van der Waals surface area contributed by atoms with Crippen molar-refractivity contribution >= 4 is 23.5 Å². The van der Waals surface area contributed by atoms with E-state index in [1.54, 1.807) is 4.90 Å². The van der Waals surface area contributed by atoms with Crippen molar-refractivity contribution in [2.24, 2.45) is 10.7 Å². The van der Waals surface area contributed by atoms with Crippen LogP contribution in [0.4, 0.5) is 14.5 Å². The number of ether oxygens (including phenoxy) is 1. The number of halogens is 2. The van der Waals surface area contributed by atoms with Crippen LogP contribution in [0.15, 0.2) is 52.8 Å². The number of imide groups is 1. The lowest BCUT2D eigenvalue weighted by molar-refractivity contribution is -0.134. The second-order valence-electron chi connectivity index (χ2n) is 8.86. The highest BCUT2D eigenvalue weighted by molar-refractivity contribution is 6.01. The van der Waals surface area contributed by atoms with Crippen molar-refractivity contribution in [3.05, 3.63) is 65.0 Å². The third kappa shape index (κ3) is 8.30. The molecule has 38 heavy (non-hydrogen) atoms. The van der Waals surface area contributed by atoms with Crippen LogP contribution in [-0.2, 0) is 14.3 Å². The third-order valence-corrected chi connectivity index (χ3v) is 5.92. The normalized spacial score (nSPS) is 18.9. The number of carbonyl (C=O) groups excluding carboxylic acids is 2. The zero-order valence-electron chi connectivity index (χ0n) is 22.4. The van der Waals surface area contributed by atoms with Crippen LogP contribution < -0.4 is 16.0 Å². The quantitative estimate of drug-likeness (QED) is 0.132. The summed E-state index contributed by atoms with van der Waals surface area (Å²) < 4.78 is 35.2. The molecule has 204 valence electrons. The van der Waals surface area contributed by atoms with Gasteiger partial charge in [-0.3, -0.25) is 14.9 Å². The zero-order chi connectivity index (χ0) is 28.2. The number of benzene rings is 1. The number of nitrogens with zero attached hydrogens (tertiary/aromatic N) is 2. The van der Waals surface area contributed by atoms with E-state index in [1.807, 2.05) is 52.0 Å². The Balaban J connectivity index is 0.00000118. The molecule has 2 amide bonds. The Bertz CT molecular complexity index is 1150. The molecule has 0 spiro atoms. The molecule has 3 rings (SSSR count). The maximum absolute atomic E-state index is 14.8. The number of nitrogens with one attached hydrogen (secondary N) is 1. The van der Waals surface area contributed by atoms with Crippen LogP contribution in [0.25, 0.3) is 0 Å². The average Bonchev–Trinajstić information content (AvgIpc) is 2.85. The summed E-state index contributed by atoms with van der Waals surface area (Å²) in [5, 5.41) is 2.13. The van der Waals surface area contributed by atoms with E-state index >= 15 is 0 Å². The number of carbonyl (C=O) groups is 2. The number of hydrogen-bond acceptors (Lipinski definition) is 5. The zero-order valence-corrected chi connectivity index (χ0v) is 22.4. The molecule has 9 heteroatoms. The largest absolute Gasteiger partial charge is 0.426 e. The Morgan fingerprint density at radius 1 is 1.29 bits per heavy atom. The fourth-order valence-electron chi connectivity index (χ4n) is 3.91. The van der Waals surface area contributed by atoms with Gasteiger partial charge in [-0.1, -0.05) is 32.1 Å². The van der Waals surface area contributed by atoms with Crippen molar-refractivity contribution in [1.82, 2.24) is 5.32 Å². The molecule has 0 aromatic heterocycles. The van der Waals surface area contributed by atoms with Gasteiger partial charge in [-0.15, -0.1) is 12.3 Å². The molecule has 2 fully saturated rings. The van der Waals surface area contributed by atoms with Crippen LogP contribution in [0.5, 0.6) is 0 Å². The summed E-state index contributed by atoms with van der Waals surface area (Å²) in [5.74, 6) is -0.688. The van der Waals surface area contributed by atoms with E-state index in [1.165, 1.54) is 12.1 Å². The maximum Gasteiger partial charge on any atom is 0.287 e. The predicted octanol–water partition coefficient (Wildman–Crippen LogP) is 4.85. The van der Waals surface area contributed by atoms with Gasteiger partial charge in [0.1, 0.15) is 17.4 Å². The van der Waals surface area contributed by atoms with Crippen LogP contribution >= 0.6 is 0 Å².